The Morgan fingerprint density at radius 1 is 1.12 bits per heavy atom. The number of hydrogen-bond donors (Lipinski definition) is 2. The molecule has 2 aromatic carbocycles. The molecule has 2 N–H and O–H groups in total. The van der Waals surface area contributed by atoms with E-state index in [0.29, 0.717) is 5.75 Å². The molecule has 0 unspecified atom stereocenters. The number of ether oxygens (including phenoxy) is 3. The molecule has 8 nitrogen and oxygen atoms in total. The van der Waals surface area contributed by atoms with Crippen LogP contribution in [0.4, 0.5) is 4.79 Å². The number of nitrogens with one attached hydrogen (secondary N) is 2. The third kappa shape index (κ3) is 7.32. The van der Waals surface area contributed by atoms with Crippen molar-refractivity contribution in [1.82, 2.24) is 10.6 Å². The Hall–Kier alpha value is -3.51. The summed E-state index contributed by atoms with van der Waals surface area (Å²) in [4.78, 5) is 36.7. The Balaban J connectivity index is 2.19. The number of halogens is 1. The van der Waals surface area contributed by atoms with Gasteiger partial charge in [0.25, 0.3) is 0 Å². The fourth-order valence-corrected chi connectivity index (χ4v) is 2.85. The third-order valence-corrected chi connectivity index (χ3v) is 4.88. The summed E-state index contributed by atoms with van der Waals surface area (Å²) in [6.45, 7) is 1.05. The molecule has 0 bridgehead atoms. The molecule has 2 rings (SSSR count). The minimum atomic E-state index is -1.61. The number of methoxy groups -OCH3 is 1. The standard InChI is InChI=1S/C23H23BrN2O6/c1-4-23(2,32-18-12-10-17(24)11-13-18)20(21(28)25-14-19(27)30-3)26-22(29)31-15-16-8-6-5-7-9-16/h1,5-13,20H,14-15H2,2-3H3,(H,25,28)(H,26,29)/t20-,23-/m1/s1. The van der Waals surface area contributed by atoms with Crippen molar-refractivity contribution in [3.8, 4) is 18.1 Å². The molecule has 0 heterocycles. The molecule has 0 saturated carbocycles. The summed E-state index contributed by atoms with van der Waals surface area (Å²) in [5.74, 6) is 1.38. The predicted molar refractivity (Wildman–Crippen MR) is 121 cm³/mol. The van der Waals surface area contributed by atoms with Crippen LogP contribution in [0.1, 0.15) is 12.5 Å². The quantitative estimate of drug-likeness (QED) is 0.403. The van der Waals surface area contributed by atoms with Gasteiger partial charge in [0.05, 0.1) is 7.11 Å². The zero-order chi connectivity index (χ0) is 23.6. The summed E-state index contributed by atoms with van der Waals surface area (Å²) in [6, 6.07) is 14.4. The number of amides is 2. The first-order valence-corrected chi connectivity index (χ1v) is 10.3. The Bertz CT molecular complexity index is 974. The molecule has 0 aliphatic carbocycles. The molecule has 0 aliphatic heterocycles. The number of benzene rings is 2. The molecule has 9 heteroatoms. The largest absolute Gasteiger partial charge is 0.472 e. The number of rotatable bonds is 9. The Labute approximate surface area is 194 Å². The van der Waals surface area contributed by atoms with Crippen LogP contribution in [0, 0.1) is 12.3 Å². The van der Waals surface area contributed by atoms with E-state index >= 15 is 0 Å². The van der Waals surface area contributed by atoms with E-state index in [1.807, 2.05) is 6.07 Å². The molecule has 2 amide bonds. The highest BCUT2D eigenvalue weighted by Crippen LogP contribution is 2.23. The van der Waals surface area contributed by atoms with E-state index in [1.54, 1.807) is 48.5 Å². The number of alkyl carbamates (subject to hydrolysis) is 1. The van der Waals surface area contributed by atoms with E-state index in [-0.39, 0.29) is 6.61 Å². The van der Waals surface area contributed by atoms with Gasteiger partial charge in [-0.15, -0.1) is 6.42 Å². The summed E-state index contributed by atoms with van der Waals surface area (Å²) in [5.41, 5.74) is -0.847. The van der Waals surface area contributed by atoms with Crippen molar-refractivity contribution < 1.29 is 28.6 Å². The van der Waals surface area contributed by atoms with Crippen LogP contribution in [0.2, 0.25) is 0 Å². The van der Waals surface area contributed by atoms with Crippen molar-refractivity contribution in [2.24, 2.45) is 0 Å². The fourth-order valence-electron chi connectivity index (χ4n) is 2.59. The van der Waals surface area contributed by atoms with Crippen molar-refractivity contribution in [1.29, 1.82) is 0 Å². The van der Waals surface area contributed by atoms with E-state index in [1.165, 1.54) is 14.0 Å². The maximum atomic E-state index is 12.9. The highest BCUT2D eigenvalue weighted by atomic mass is 79.9. The number of terminal acetylenes is 1. The Kier molecular flexibility index (Phi) is 9.10. The van der Waals surface area contributed by atoms with Crippen molar-refractivity contribution in [3.63, 3.8) is 0 Å². The van der Waals surface area contributed by atoms with Crippen LogP contribution in [0.5, 0.6) is 5.75 Å². The van der Waals surface area contributed by atoms with Crippen molar-refractivity contribution in [2.75, 3.05) is 13.7 Å². The second-order valence-corrected chi connectivity index (χ2v) is 7.66. The Morgan fingerprint density at radius 2 is 1.78 bits per heavy atom. The highest BCUT2D eigenvalue weighted by molar-refractivity contribution is 9.10. The van der Waals surface area contributed by atoms with Crippen LogP contribution in [-0.2, 0) is 25.7 Å². The van der Waals surface area contributed by atoms with Crippen molar-refractivity contribution >= 4 is 33.9 Å². The van der Waals surface area contributed by atoms with Gasteiger partial charge < -0.3 is 24.8 Å². The van der Waals surface area contributed by atoms with Crippen LogP contribution < -0.4 is 15.4 Å². The molecule has 168 valence electrons. The normalized spacial score (nSPS) is 12.9. The van der Waals surface area contributed by atoms with Crippen molar-refractivity contribution in [3.05, 3.63) is 64.6 Å². The maximum absolute atomic E-state index is 12.9. The molecular weight excluding hydrogens is 480 g/mol. The van der Waals surface area contributed by atoms with Crippen LogP contribution in [0.15, 0.2) is 59.1 Å². The van der Waals surface area contributed by atoms with Gasteiger partial charge in [-0.25, -0.2) is 4.79 Å². The monoisotopic (exact) mass is 502 g/mol. The summed E-state index contributed by atoms with van der Waals surface area (Å²) >= 11 is 3.33. The number of esters is 1. The second kappa shape index (κ2) is 11.8. The highest BCUT2D eigenvalue weighted by Gasteiger charge is 2.42. The van der Waals surface area contributed by atoms with E-state index in [4.69, 9.17) is 15.9 Å². The molecule has 0 radical (unpaired) electrons. The Morgan fingerprint density at radius 3 is 2.38 bits per heavy atom. The van der Waals surface area contributed by atoms with Crippen molar-refractivity contribution in [2.45, 2.75) is 25.2 Å². The van der Waals surface area contributed by atoms with E-state index in [0.717, 1.165) is 10.0 Å². The van der Waals surface area contributed by atoms with Crippen LogP contribution >= 0.6 is 15.9 Å². The molecule has 0 aromatic heterocycles. The zero-order valence-electron chi connectivity index (χ0n) is 17.6. The predicted octanol–water partition coefficient (Wildman–Crippen LogP) is 2.80. The maximum Gasteiger partial charge on any atom is 0.408 e. The van der Waals surface area contributed by atoms with Gasteiger partial charge in [0.15, 0.2) is 11.6 Å². The molecule has 0 fully saturated rings. The van der Waals surface area contributed by atoms with Gasteiger partial charge in [-0.1, -0.05) is 52.2 Å². The lowest BCUT2D eigenvalue weighted by Gasteiger charge is -2.33. The molecule has 0 saturated heterocycles. The van der Waals surface area contributed by atoms with Gasteiger partial charge in [0.1, 0.15) is 18.9 Å². The summed E-state index contributed by atoms with van der Waals surface area (Å²) in [5, 5.41) is 4.83. The van der Waals surface area contributed by atoms with Gasteiger partial charge in [0, 0.05) is 4.47 Å². The van der Waals surface area contributed by atoms with Crippen LogP contribution in [-0.4, -0.2) is 43.3 Å². The van der Waals surface area contributed by atoms with Crippen LogP contribution in [0.3, 0.4) is 0 Å². The number of carbonyl (C=O) groups is 3. The topological polar surface area (TPSA) is 103 Å². The number of carbonyl (C=O) groups excluding carboxylic acids is 3. The minimum absolute atomic E-state index is 0.0104. The molecule has 0 aliphatic rings. The molecule has 2 aromatic rings. The molecular formula is C23H23BrN2O6. The summed E-state index contributed by atoms with van der Waals surface area (Å²) < 4.78 is 16.4. The summed E-state index contributed by atoms with van der Waals surface area (Å²) in [7, 11) is 1.19. The van der Waals surface area contributed by atoms with Gasteiger partial charge in [0.2, 0.25) is 5.91 Å². The van der Waals surface area contributed by atoms with Gasteiger partial charge in [-0.3, -0.25) is 9.59 Å². The first-order valence-electron chi connectivity index (χ1n) is 9.51. The molecule has 2 atom stereocenters. The first-order chi connectivity index (χ1) is 15.3. The lowest BCUT2D eigenvalue weighted by Crippen LogP contribution is -2.61. The molecule has 0 spiro atoms. The second-order valence-electron chi connectivity index (χ2n) is 6.74. The molecule has 32 heavy (non-hydrogen) atoms. The van der Waals surface area contributed by atoms with Gasteiger partial charge in [-0.05, 0) is 36.8 Å². The van der Waals surface area contributed by atoms with E-state index in [9.17, 15) is 14.4 Å². The minimum Gasteiger partial charge on any atom is -0.472 e. The first kappa shape index (κ1) is 24.8. The number of hydrogen-bond acceptors (Lipinski definition) is 6. The third-order valence-electron chi connectivity index (χ3n) is 4.35. The fraction of sp³-hybridized carbons (Fsp3) is 0.261. The zero-order valence-corrected chi connectivity index (χ0v) is 19.2. The lowest BCUT2D eigenvalue weighted by molar-refractivity contribution is -0.141. The SMILES string of the molecule is C#C[C@@](C)(Oc1ccc(Br)cc1)[C@H](NC(=O)OCc1ccccc1)C(=O)NCC(=O)OC. The summed E-state index contributed by atoms with van der Waals surface area (Å²) in [6.07, 6.45) is 4.82. The lowest BCUT2D eigenvalue weighted by atomic mass is 9.96. The van der Waals surface area contributed by atoms with Gasteiger partial charge >= 0.3 is 12.1 Å². The van der Waals surface area contributed by atoms with Gasteiger partial charge in [-0.2, -0.15) is 0 Å². The van der Waals surface area contributed by atoms with E-state index in [2.05, 4.69) is 37.2 Å². The average Bonchev–Trinajstić information content (AvgIpc) is 2.81. The van der Waals surface area contributed by atoms with E-state index < -0.39 is 36.2 Å². The smallest absolute Gasteiger partial charge is 0.408 e. The average molecular weight is 503 g/mol. The van der Waals surface area contributed by atoms with Crippen LogP contribution in [0.25, 0.3) is 0 Å².